The van der Waals surface area contributed by atoms with E-state index in [2.05, 4.69) is 4.98 Å². The molecule has 0 aliphatic carbocycles. The van der Waals surface area contributed by atoms with Crippen molar-refractivity contribution in [3.05, 3.63) is 81.9 Å². The summed E-state index contributed by atoms with van der Waals surface area (Å²) in [6.07, 6.45) is -1.96. The summed E-state index contributed by atoms with van der Waals surface area (Å²) in [4.78, 5) is 15.9. The molecule has 2 aromatic carbocycles. The highest BCUT2D eigenvalue weighted by Crippen LogP contribution is 2.31. The number of nitrogens with zero attached hydrogens (tertiary/aromatic N) is 2. The van der Waals surface area contributed by atoms with E-state index in [9.17, 15) is 26.4 Å². The van der Waals surface area contributed by atoms with Crippen LogP contribution in [0.3, 0.4) is 0 Å². The zero-order valence-electron chi connectivity index (χ0n) is 15.0. The molecule has 30 heavy (non-hydrogen) atoms. The van der Waals surface area contributed by atoms with E-state index in [0.29, 0.717) is 5.56 Å². The number of aromatic nitrogens is 2. The van der Waals surface area contributed by atoms with Gasteiger partial charge in [0, 0.05) is 12.7 Å². The molecule has 0 unspecified atom stereocenters. The Morgan fingerprint density at radius 2 is 1.70 bits per heavy atom. The fraction of sp³-hybridized carbons (Fsp3) is 0.158. The van der Waals surface area contributed by atoms with Crippen molar-refractivity contribution in [3.63, 3.8) is 0 Å². The van der Waals surface area contributed by atoms with Crippen molar-refractivity contribution in [1.82, 2.24) is 9.55 Å². The maximum atomic E-state index is 12.8. The summed E-state index contributed by atoms with van der Waals surface area (Å²) >= 11 is 11.8. The molecule has 1 aromatic heterocycles. The highest BCUT2D eigenvalue weighted by Gasteiger charge is 2.30. The van der Waals surface area contributed by atoms with Gasteiger partial charge in [0.05, 0.1) is 21.9 Å². The largest absolute Gasteiger partial charge is 0.416 e. The smallest absolute Gasteiger partial charge is 0.332 e. The van der Waals surface area contributed by atoms with Gasteiger partial charge in [0.25, 0.3) is 0 Å². The minimum atomic E-state index is -4.47. The van der Waals surface area contributed by atoms with E-state index in [4.69, 9.17) is 23.2 Å². The minimum Gasteiger partial charge on any atom is -0.332 e. The predicted molar refractivity (Wildman–Crippen MR) is 106 cm³/mol. The van der Waals surface area contributed by atoms with E-state index in [1.54, 1.807) is 0 Å². The highest BCUT2D eigenvalue weighted by atomic mass is 35.5. The SMILES string of the molecule is O=C(CS(=O)(=O)c1c(Cl)cccc1Cl)c1cn(Cc2cccc(C(F)(F)F)c2)cn1. The molecule has 0 radical (unpaired) electrons. The first-order chi connectivity index (χ1) is 14.0. The standard InChI is InChI=1S/C19H13Cl2F3N2O3S/c20-14-5-2-6-15(21)18(14)30(28,29)10-17(27)16-9-26(11-25-16)8-12-3-1-4-13(7-12)19(22,23)24/h1-7,9,11H,8,10H2. The summed E-state index contributed by atoms with van der Waals surface area (Å²) in [7, 11) is -4.13. The van der Waals surface area contributed by atoms with Crippen LogP contribution in [0.5, 0.6) is 0 Å². The number of Topliss-reactive ketones (excluding diaryl/α,β-unsaturated/α-hetero) is 1. The Morgan fingerprint density at radius 3 is 2.33 bits per heavy atom. The summed E-state index contributed by atoms with van der Waals surface area (Å²) in [6, 6.07) is 8.88. The van der Waals surface area contributed by atoms with Crippen LogP contribution in [0, 0.1) is 0 Å². The molecular formula is C19H13Cl2F3N2O3S. The number of imidazole rings is 1. The maximum Gasteiger partial charge on any atom is 0.416 e. The van der Waals surface area contributed by atoms with Crippen LogP contribution in [0.15, 0.2) is 59.9 Å². The lowest BCUT2D eigenvalue weighted by atomic mass is 10.1. The third kappa shape index (κ3) is 5.03. The van der Waals surface area contributed by atoms with E-state index in [0.717, 1.165) is 12.1 Å². The molecule has 0 spiro atoms. The van der Waals surface area contributed by atoms with Crippen molar-refractivity contribution < 1.29 is 26.4 Å². The second-order valence-electron chi connectivity index (χ2n) is 6.36. The van der Waals surface area contributed by atoms with Crippen LogP contribution in [0.2, 0.25) is 10.0 Å². The van der Waals surface area contributed by atoms with Gasteiger partial charge in [-0.3, -0.25) is 4.79 Å². The molecule has 3 rings (SSSR count). The van der Waals surface area contributed by atoms with Crippen LogP contribution in [0.4, 0.5) is 13.2 Å². The number of sulfone groups is 1. The van der Waals surface area contributed by atoms with E-state index < -0.39 is 33.1 Å². The van der Waals surface area contributed by atoms with Gasteiger partial charge >= 0.3 is 6.18 Å². The molecule has 0 fully saturated rings. The van der Waals surface area contributed by atoms with E-state index in [1.807, 2.05) is 0 Å². The first-order valence-corrected chi connectivity index (χ1v) is 10.8. The minimum absolute atomic E-state index is 0.0211. The van der Waals surface area contributed by atoms with Gasteiger partial charge in [-0.1, -0.05) is 41.4 Å². The summed E-state index contributed by atoms with van der Waals surface area (Å²) in [5, 5.41) is -0.212. The van der Waals surface area contributed by atoms with Crippen LogP contribution in [-0.2, 0) is 22.6 Å². The van der Waals surface area contributed by atoms with Crippen molar-refractivity contribution in [3.8, 4) is 0 Å². The molecule has 0 aliphatic heterocycles. The molecule has 0 bridgehead atoms. The quantitative estimate of drug-likeness (QED) is 0.473. The molecule has 1 heterocycles. The number of ketones is 1. The molecule has 0 aliphatic rings. The normalized spacial score (nSPS) is 12.2. The average molecular weight is 477 g/mol. The Hall–Kier alpha value is -2.36. The molecule has 0 saturated carbocycles. The van der Waals surface area contributed by atoms with Gasteiger partial charge in [-0.05, 0) is 29.8 Å². The zero-order valence-corrected chi connectivity index (χ0v) is 17.4. The van der Waals surface area contributed by atoms with Crippen LogP contribution in [0.1, 0.15) is 21.6 Å². The first-order valence-electron chi connectivity index (χ1n) is 8.35. The van der Waals surface area contributed by atoms with Gasteiger partial charge in [-0.2, -0.15) is 13.2 Å². The first kappa shape index (κ1) is 22.3. The third-order valence-corrected chi connectivity index (χ3v) is 6.65. The zero-order chi connectivity index (χ0) is 22.1. The molecule has 158 valence electrons. The number of rotatable bonds is 6. The molecule has 0 atom stereocenters. The van der Waals surface area contributed by atoms with Crippen molar-refractivity contribution in [1.29, 1.82) is 0 Å². The third-order valence-electron chi connectivity index (χ3n) is 4.09. The molecule has 11 heteroatoms. The Bertz CT molecular complexity index is 1190. The fourth-order valence-corrected chi connectivity index (χ4v) is 5.22. The van der Waals surface area contributed by atoms with E-state index >= 15 is 0 Å². The second kappa shape index (κ2) is 8.41. The number of halogens is 5. The Kier molecular flexibility index (Phi) is 6.26. The summed E-state index contributed by atoms with van der Waals surface area (Å²) in [5.41, 5.74) is -0.593. The number of alkyl halides is 3. The predicted octanol–water partition coefficient (Wildman–Crippen LogP) is 4.91. The van der Waals surface area contributed by atoms with Gasteiger partial charge in [0.2, 0.25) is 0 Å². The Morgan fingerprint density at radius 1 is 1.07 bits per heavy atom. The van der Waals surface area contributed by atoms with Crippen molar-refractivity contribution >= 4 is 38.8 Å². The number of benzene rings is 2. The molecular weight excluding hydrogens is 464 g/mol. The van der Waals surface area contributed by atoms with Gasteiger partial charge in [0.15, 0.2) is 15.6 Å². The fourth-order valence-electron chi connectivity index (χ4n) is 2.75. The van der Waals surface area contributed by atoms with Gasteiger partial charge < -0.3 is 4.57 Å². The highest BCUT2D eigenvalue weighted by molar-refractivity contribution is 7.92. The summed E-state index contributed by atoms with van der Waals surface area (Å²) < 4.78 is 65.0. The van der Waals surface area contributed by atoms with Crippen LogP contribution < -0.4 is 0 Å². The topological polar surface area (TPSA) is 69.0 Å². The van der Waals surface area contributed by atoms with E-state index in [-0.39, 0.29) is 27.2 Å². The second-order valence-corrected chi connectivity index (χ2v) is 9.10. The van der Waals surface area contributed by atoms with Crippen molar-refractivity contribution in [2.75, 3.05) is 5.75 Å². The van der Waals surface area contributed by atoms with Gasteiger partial charge in [0.1, 0.15) is 16.3 Å². The van der Waals surface area contributed by atoms with Gasteiger partial charge in [-0.15, -0.1) is 0 Å². The molecule has 5 nitrogen and oxygen atoms in total. The monoisotopic (exact) mass is 476 g/mol. The number of hydrogen-bond acceptors (Lipinski definition) is 4. The number of carbonyl (C=O) groups is 1. The van der Waals surface area contributed by atoms with Crippen LogP contribution in [0.25, 0.3) is 0 Å². The average Bonchev–Trinajstić information content (AvgIpc) is 3.09. The maximum absolute atomic E-state index is 12.8. The molecule has 0 N–H and O–H groups in total. The van der Waals surface area contributed by atoms with Gasteiger partial charge in [-0.25, -0.2) is 13.4 Å². The van der Waals surface area contributed by atoms with Crippen LogP contribution >= 0.6 is 23.2 Å². The molecule has 3 aromatic rings. The number of carbonyl (C=O) groups excluding carboxylic acids is 1. The Labute approximate surface area is 180 Å². The number of hydrogen-bond donors (Lipinski definition) is 0. The lowest BCUT2D eigenvalue weighted by Gasteiger charge is -2.09. The summed E-state index contributed by atoms with van der Waals surface area (Å²) in [6.45, 7) is 0.0211. The molecule has 0 saturated heterocycles. The van der Waals surface area contributed by atoms with Crippen molar-refractivity contribution in [2.24, 2.45) is 0 Å². The molecule has 0 amide bonds. The van der Waals surface area contributed by atoms with Crippen molar-refractivity contribution in [2.45, 2.75) is 17.6 Å². The lowest BCUT2D eigenvalue weighted by Crippen LogP contribution is -2.17. The Balaban J connectivity index is 1.77. The summed E-state index contributed by atoms with van der Waals surface area (Å²) in [5.74, 6) is -1.70. The lowest BCUT2D eigenvalue weighted by molar-refractivity contribution is -0.137. The van der Waals surface area contributed by atoms with E-state index in [1.165, 1.54) is 47.4 Å². The van der Waals surface area contributed by atoms with Crippen LogP contribution in [-0.4, -0.2) is 29.5 Å².